The first-order valence-electron chi connectivity index (χ1n) is 13.2. The number of aryl methyl sites for hydroxylation is 1. The Hall–Kier alpha value is -2.90. The highest BCUT2D eigenvalue weighted by Crippen LogP contribution is 2.53. The second-order valence-corrected chi connectivity index (χ2v) is 13.0. The minimum atomic E-state index is 0.651. The molecule has 0 saturated heterocycles. The maximum Gasteiger partial charge on any atom is 0.266 e. The number of nitrogens with zero attached hydrogens (tertiary/aromatic N) is 2. The Kier molecular flexibility index (Phi) is 6.83. The van der Waals surface area contributed by atoms with E-state index in [2.05, 4.69) is 64.1 Å². The zero-order valence-electron chi connectivity index (χ0n) is 22.2. The van der Waals surface area contributed by atoms with E-state index < -0.39 is 0 Å². The zero-order chi connectivity index (χ0) is 27.4. The number of benzene rings is 3. The molecule has 7 rings (SSSR count). The SMILES string of the molecule is COc1cc2c(cc1Cl)N1CCC(C=C(C=C3CC[n+]4c3sc3cc(OC)c(Cl)cc34)Cc3ccccc3)=C1S2. The summed E-state index contributed by atoms with van der Waals surface area (Å²) in [6, 6.07) is 18.9. The van der Waals surface area contributed by atoms with Crippen molar-refractivity contribution in [3.8, 4) is 11.5 Å². The summed E-state index contributed by atoms with van der Waals surface area (Å²) in [6.45, 7) is 1.91. The van der Waals surface area contributed by atoms with Crippen LogP contribution in [0.4, 0.5) is 5.69 Å². The van der Waals surface area contributed by atoms with Crippen molar-refractivity contribution in [3.05, 3.63) is 104 Å². The third-order valence-corrected chi connectivity index (χ3v) is 10.7. The molecule has 8 heteroatoms. The number of hydrogen-bond donors (Lipinski definition) is 0. The summed E-state index contributed by atoms with van der Waals surface area (Å²) in [7, 11) is 3.33. The van der Waals surface area contributed by atoms with Crippen molar-refractivity contribution in [2.24, 2.45) is 0 Å². The summed E-state index contributed by atoms with van der Waals surface area (Å²) in [5, 5.41) is 3.90. The molecule has 4 nitrogen and oxygen atoms in total. The third kappa shape index (κ3) is 4.51. The number of ether oxygens (including phenoxy) is 2. The van der Waals surface area contributed by atoms with Gasteiger partial charge in [-0.3, -0.25) is 0 Å². The van der Waals surface area contributed by atoms with E-state index in [0.29, 0.717) is 10.0 Å². The van der Waals surface area contributed by atoms with Crippen LogP contribution in [0.15, 0.2) is 87.8 Å². The Morgan fingerprint density at radius 1 is 1.00 bits per heavy atom. The van der Waals surface area contributed by atoms with E-state index in [9.17, 15) is 0 Å². The molecule has 0 spiro atoms. The molecule has 1 aromatic heterocycles. The molecule has 202 valence electrons. The third-order valence-electron chi connectivity index (χ3n) is 7.68. The number of fused-ring (bicyclic) bond motifs is 6. The molecule has 0 radical (unpaired) electrons. The van der Waals surface area contributed by atoms with Crippen LogP contribution in [0.5, 0.6) is 11.5 Å². The van der Waals surface area contributed by atoms with Gasteiger partial charge < -0.3 is 14.4 Å². The number of halogens is 2. The fourth-order valence-electron chi connectivity index (χ4n) is 5.77. The van der Waals surface area contributed by atoms with E-state index in [1.807, 2.05) is 35.2 Å². The second-order valence-electron chi connectivity index (χ2n) is 10.1. The highest BCUT2D eigenvalue weighted by Gasteiger charge is 2.34. The van der Waals surface area contributed by atoms with Crippen LogP contribution in [-0.2, 0) is 13.0 Å². The van der Waals surface area contributed by atoms with Crippen LogP contribution in [0.2, 0.25) is 10.0 Å². The lowest BCUT2D eigenvalue weighted by Crippen LogP contribution is -2.30. The molecule has 0 bridgehead atoms. The van der Waals surface area contributed by atoms with E-state index in [0.717, 1.165) is 43.9 Å². The highest BCUT2D eigenvalue weighted by molar-refractivity contribution is 8.03. The molecular formula is C32H27Cl2N2O2S2+. The summed E-state index contributed by atoms with van der Waals surface area (Å²) in [4.78, 5) is 3.60. The maximum atomic E-state index is 6.49. The van der Waals surface area contributed by atoms with Crippen molar-refractivity contribution >= 4 is 67.8 Å². The van der Waals surface area contributed by atoms with Gasteiger partial charge in [-0.25, -0.2) is 0 Å². The molecule has 0 fully saturated rings. The molecule has 0 saturated carbocycles. The van der Waals surface area contributed by atoms with Crippen molar-refractivity contribution in [2.45, 2.75) is 30.7 Å². The predicted octanol–water partition coefficient (Wildman–Crippen LogP) is 8.70. The summed E-state index contributed by atoms with van der Waals surface area (Å²) < 4.78 is 14.6. The smallest absolute Gasteiger partial charge is 0.266 e. The van der Waals surface area contributed by atoms with Gasteiger partial charge in [0.1, 0.15) is 16.2 Å². The van der Waals surface area contributed by atoms with Gasteiger partial charge >= 0.3 is 0 Å². The number of anilines is 1. The fourth-order valence-corrected chi connectivity index (χ4v) is 8.72. The first kappa shape index (κ1) is 26.0. The van der Waals surface area contributed by atoms with E-state index in [-0.39, 0.29) is 0 Å². The standard InChI is InChI=1S/C32H27Cl2N2O2S2/c1-37-27-17-29-25(15-23(27)33)35-10-8-21(31(35)39-29)13-20(12-19-6-4-3-5-7-19)14-22-9-11-36-26-16-24(34)28(38-2)18-30(26)40-32(22)36/h3-7,13-18H,8-12H2,1-2H3/q+1. The average molecular weight is 607 g/mol. The van der Waals surface area contributed by atoms with E-state index in [1.165, 1.54) is 53.1 Å². The van der Waals surface area contributed by atoms with Crippen molar-refractivity contribution in [1.29, 1.82) is 0 Å². The quantitative estimate of drug-likeness (QED) is 0.205. The molecule has 4 heterocycles. The lowest BCUT2D eigenvalue weighted by molar-refractivity contribution is -0.659. The second kappa shape index (κ2) is 10.5. The summed E-state index contributed by atoms with van der Waals surface area (Å²) in [5.41, 5.74) is 7.72. The monoisotopic (exact) mass is 605 g/mol. The number of hydrogen-bond acceptors (Lipinski definition) is 5. The molecule has 0 aliphatic carbocycles. The molecule has 0 atom stereocenters. The Bertz CT molecular complexity index is 1760. The largest absolute Gasteiger partial charge is 0.495 e. The van der Waals surface area contributed by atoms with Crippen molar-refractivity contribution in [3.63, 3.8) is 0 Å². The van der Waals surface area contributed by atoms with E-state index in [1.54, 1.807) is 14.2 Å². The molecule has 0 unspecified atom stereocenters. The maximum absolute atomic E-state index is 6.49. The van der Waals surface area contributed by atoms with Gasteiger partial charge in [-0.1, -0.05) is 82.7 Å². The van der Waals surface area contributed by atoms with Gasteiger partial charge in [0.05, 0.1) is 35.0 Å². The van der Waals surface area contributed by atoms with Gasteiger partial charge in [-0.05, 0) is 47.8 Å². The molecule has 4 aromatic rings. The number of thioether (sulfide) groups is 1. The van der Waals surface area contributed by atoms with Crippen LogP contribution in [0.25, 0.3) is 15.8 Å². The van der Waals surface area contributed by atoms with Gasteiger partial charge in [-0.15, -0.1) is 0 Å². The van der Waals surface area contributed by atoms with Gasteiger partial charge in [0, 0.05) is 35.6 Å². The summed E-state index contributed by atoms with van der Waals surface area (Å²) >= 11 is 16.6. The van der Waals surface area contributed by atoms with Crippen LogP contribution in [-0.4, -0.2) is 20.8 Å². The molecule has 3 aliphatic rings. The normalized spacial score (nSPS) is 17.1. The topological polar surface area (TPSA) is 25.6 Å². The molecule has 3 aliphatic heterocycles. The van der Waals surface area contributed by atoms with Crippen LogP contribution in [0.1, 0.15) is 23.4 Å². The molecule has 40 heavy (non-hydrogen) atoms. The van der Waals surface area contributed by atoms with Crippen LogP contribution < -0.4 is 18.9 Å². The fraction of sp³-hybridized carbons (Fsp3) is 0.219. The summed E-state index contributed by atoms with van der Waals surface area (Å²) in [6.07, 6.45) is 7.73. The van der Waals surface area contributed by atoms with Crippen LogP contribution in [0, 0.1) is 0 Å². The Balaban J connectivity index is 1.29. The van der Waals surface area contributed by atoms with Gasteiger partial charge in [0.25, 0.3) is 5.01 Å². The lowest BCUT2D eigenvalue weighted by Gasteiger charge is -2.14. The molecule has 0 amide bonds. The van der Waals surface area contributed by atoms with Crippen LogP contribution >= 0.6 is 46.3 Å². The predicted molar refractivity (Wildman–Crippen MR) is 167 cm³/mol. The van der Waals surface area contributed by atoms with Crippen LogP contribution in [0.3, 0.4) is 0 Å². The number of rotatable bonds is 6. The van der Waals surface area contributed by atoms with E-state index in [4.69, 9.17) is 32.7 Å². The number of aromatic nitrogens is 1. The minimum Gasteiger partial charge on any atom is -0.495 e. The zero-order valence-corrected chi connectivity index (χ0v) is 25.3. The first-order valence-corrected chi connectivity index (χ1v) is 15.6. The Morgan fingerprint density at radius 2 is 1.77 bits per heavy atom. The van der Waals surface area contributed by atoms with E-state index >= 15 is 0 Å². The van der Waals surface area contributed by atoms with Gasteiger partial charge in [-0.2, -0.15) is 4.57 Å². The van der Waals surface area contributed by atoms with Crippen molar-refractivity contribution in [2.75, 3.05) is 25.7 Å². The number of thiazole rings is 1. The first-order chi connectivity index (χ1) is 19.5. The Morgan fingerprint density at radius 3 is 2.58 bits per heavy atom. The van der Waals surface area contributed by atoms with Crippen molar-refractivity contribution < 1.29 is 14.0 Å². The van der Waals surface area contributed by atoms with Gasteiger partial charge in [0.15, 0.2) is 6.54 Å². The Labute approximate surface area is 252 Å². The lowest BCUT2D eigenvalue weighted by atomic mass is 9.99. The van der Waals surface area contributed by atoms with Gasteiger partial charge in [0.2, 0.25) is 5.52 Å². The minimum absolute atomic E-state index is 0.651. The number of methoxy groups -OCH3 is 2. The average Bonchev–Trinajstić information content (AvgIpc) is 3.71. The summed E-state index contributed by atoms with van der Waals surface area (Å²) in [5.74, 6) is 1.44. The highest BCUT2D eigenvalue weighted by atomic mass is 35.5. The molecular weight excluding hydrogens is 579 g/mol. The number of allylic oxidation sites excluding steroid dienone is 4. The van der Waals surface area contributed by atoms with Crippen molar-refractivity contribution in [1.82, 2.24) is 0 Å². The molecule has 0 N–H and O–H groups in total. The molecule has 3 aromatic carbocycles.